The van der Waals surface area contributed by atoms with Crippen molar-refractivity contribution in [1.82, 2.24) is 0 Å². The summed E-state index contributed by atoms with van der Waals surface area (Å²) in [5.41, 5.74) is 1.89. The molecule has 0 nitrogen and oxygen atoms in total. The molecule has 4 atom stereocenters. The quantitative estimate of drug-likeness (QED) is 0.419. The summed E-state index contributed by atoms with van der Waals surface area (Å²) in [6.45, 7) is 13.7. The molecule has 0 aromatic heterocycles. The van der Waals surface area contributed by atoms with Gasteiger partial charge in [0.1, 0.15) is 0 Å². The highest BCUT2D eigenvalue weighted by Gasteiger charge is 2.35. The predicted molar refractivity (Wildman–Crippen MR) is 124 cm³/mol. The van der Waals surface area contributed by atoms with Crippen LogP contribution in [0.4, 0.5) is 0 Å². The summed E-state index contributed by atoms with van der Waals surface area (Å²) in [5, 5.41) is 0. The zero-order chi connectivity index (χ0) is 20.2. The molecule has 0 amide bonds. The number of benzene rings is 1. The van der Waals surface area contributed by atoms with Crippen LogP contribution in [0, 0.1) is 34.5 Å². The maximum Gasteiger partial charge on any atom is -0.0143 e. The third-order valence-electron chi connectivity index (χ3n) is 7.69. The van der Waals surface area contributed by atoms with E-state index in [4.69, 9.17) is 0 Å². The SMILES string of the molecule is C=CC1CCC(C(C)(C)/C=C/C2CCC(C(C)(C)/C=C/c3ccccc3)C2)C1. The lowest BCUT2D eigenvalue weighted by Crippen LogP contribution is -2.20. The van der Waals surface area contributed by atoms with Crippen LogP contribution in [0.25, 0.3) is 6.08 Å². The Kier molecular flexibility index (Phi) is 6.69. The first-order valence-electron chi connectivity index (χ1n) is 11.4. The van der Waals surface area contributed by atoms with Crippen LogP contribution in [0.5, 0.6) is 0 Å². The zero-order valence-electron chi connectivity index (χ0n) is 18.5. The highest BCUT2D eigenvalue weighted by Crippen LogP contribution is 2.46. The Morgan fingerprint density at radius 2 is 1.36 bits per heavy atom. The van der Waals surface area contributed by atoms with Gasteiger partial charge >= 0.3 is 0 Å². The summed E-state index contributed by atoms with van der Waals surface area (Å²) >= 11 is 0. The van der Waals surface area contributed by atoms with Crippen LogP contribution in [0.1, 0.15) is 71.8 Å². The molecule has 152 valence electrons. The summed E-state index contributed by atoms with van der Waals surface area (Å²) in [7, 11) is 0. The molecule has 0 radical (unpaired) electrons. The minimum absolute atomic E-state index is 0.260. The Bertz CT molecular complexity index is 688. The third kappa shape index (κ3) is 5.28. The van der Waals surface area contributed by atoms with Crippen molar-refractivity contribution in [2.75, 3.05) is 0 Å². The smallest absolute Gasteiger partial charge is 0.0143 e. The normalized spacial score (nSPS) is 29.1. The molecular formula is C28H40. The van der Waals surface area contributed by atoms with E-state index in [-0.39, 0.29) is 5.41 Å². The van der Waals surface area contributed by atoms with E-state index < -0.39 is 0 Å². The van der Waals surface area contributed by atoms with Crippen LogP contribution >= 0.6 is 0 Å². The molecule has 0 N–H and O–H groups in total. The van der Waals surface area contributed by atoms with Gasteiger partial charge < -0.3 is 0 Å². The minimum Gasteiger partial charge on any atom is -0.103 e. The summed E-state index contributed by atoms with van der Waals surface area (Å²) in [6, 6.07) is 10.7. The fourth-order valence-corrected chi connectivity index (χ4v) is 5.30. The van der Waals surface area contributed by atoms with E-state index in [1.54, 1.807) is 0 Å². The molecule has 1 aromatic carbocycles. The largest absolute Gasteiger partial charge is 0.103 e. The van der Waals surface area contributed by atoms with Crippen molar-refractivity contribution >= 4 is 6.08 Å². The van der Waals surface area contributed by atoms with Crippen molar-refractivity contribution < 1.29 is 0 Å². The van der Waals surface area contributed by atoms with Crippen LogP contribution in [0.2, 0.25) is 0 Å². The molecule has 0 aliphatic heterocycles. The molecule has 2 fully saturated rings. The number of hydrogen-bond donors (Lipinski definition) is 0. The van der Waals surface area contributed by atoms with E-state index in [1.165, 1.54) is 44.1 Å². The minimum atomic E-state index is 0.260. The van der Waals surface area contributed by atoms with Gasteiger partial charge in [-0.05, 0) is 78.6 Å². The third-order valence-corrected chi connectivity index (χ3v) is 7.69. The second kappa shape index (κ2) is 8.85. The van der Waals surface area contributed by atoms with Gasteiger partial charge in [0, 0.05) is 0 Å². The summed E-state index contributed by atoms with van der Waals surface area (Å²) in [4.78, 5) is 0. The van der Waals surface area contributed by atoms with Gasteiger partial charge in [-0.15, -0.1) is 6.58 Å². The van der Waals surface area contributed by atoms with E-state index in [0.717, 1.165) is 23.7 Å². The second-order valence-electron chi connectivity index (χ2n) is 10.5. The van der Waals surface area contributed by atoms with Gasteiger partial charge in [0.05, 0.1) is 0 Å². The van der Waals surface area contributed by atoms with E-state index in [1.807, 2.05) is 0 Å². The number of rotatable bonds is 7. The number of hydrogen-bond acceptors (Lipinski definition) is 0. The first kappa shape index (κ1) is 21.2. The molecule has 2 aliphatic carbocycles. The van der Waals surface area contributed by atoms with Crippen LogP contribution in [-0.4, -0.2) is 0 Å². The molecular weight excluding hydrogens is 336 g/mol. The molecule has 0 heteroatoms. The second-order valence-corrected chi connectivity index (χ2v) is 10.5. The standard InChI is InChI=1S/C28H40/c1-6-22-12-14-25(20-22)28(4,5)19-17-24-13-15-26(21-24)27(2,3)18-16-23-10-8-7-9-11-23/h6-11,16-19,22,24-26H,1,12-15,20-21H2,2-5H3/b18-16+,19-17+. The first-order chi connectivity index (χ1) is 13.3. The number of allylic oxidation sites excluding steroid dienone is 4. The fourth-order valence-electron chi connectivity index (χ4n) is 5.30. The van der Waals surface area contributed by atoms with Gasteiger partial charge in [-0.25, -0.2) is 0 Å². The van der Waals surface area contributed by atoms with Gasteiger partial charge in [0.2, 0.25) is 0 Å². The van der Waals surface area contributed by atoms with E-state index in [2.05, 4.69) is 95.0 Å². The Labute approximate surface area is 173 Å². The molecule has 0 heterocycles. The first-order valence-corrected chi connectivity index (χ1v) is 11.4. The van der Waals surface area contributed by atoms with Crippen LogP contribution in [0.15, 0.2) is 61.2 Å². The van der Waals surface area contributed by atoms with Crippen molar-refractivity contribution in [1.29, 1.82) is 0 Å². The topological polar surface area (TPSA) is 0 Å². The van der Waals surface area contributed by atoms with Crippen LogP contribution < -0.4 is 0 Å². The van der Waals surface area contributed by atoms with E-state index in [9.17, 15) is 0 Å². The lowest BCUT2D eigenvalue weighted by atomic mass is 9.75. The fraction of sp³-hybridized carbons (Fsp3) is 0.571. The molecule has 1 aromatic rings. The summed E-state index contributed by atoms with van der Waals surface area (Å²) < 4.78 is 0. The maximum atomic E-state index is 4.01. The highest BCUT2D eigenvalue weighted by molar-refractivity contribution is 5.49. The molecule has 28 heavy (non-hydrogen) atoms. The van der Waals surface area contributed by atoms with Crippen molar-refractivity contribution in [3.63, 3.8) is 0 Å². The van der Waals surface area contributed by atoms with Crippen LogP contribution in [0.3, 0.4) is 0 Å². The molecule has 2 aliphatic rings. The molecule has 2 saturated carbocycles. The summed E-state index contributed by atoms with van der Waals surface area (Å²) in [5.74, 6) is 3.09. The van der Waals surface area contributed by atoms with Crippen LogP contribution in [-0.2, 0) is 0 Å². The van der Waals surface area contributed by atoms with Gasteiger partial charge in [0.25, 0.3) is 0 Å². The molecule has 3 rings (SSSR count). The molecule has 0 spiro atoms. The maximum absolute atomic E-state index is 4.01. The average Bonchev–Trinajstić information content (AvgIpc) is 3.36. The van der Waals surface area contributed by atoms with E-state index in [0.29, 0.717) is 5.41 Å². The molecule has 0 bridgehead atoms. The Morgan fingerprint density at radius 1 is 0.786 bits per heavy atom. The van der Waals surface area contributed by atoms with Gasteiger partial charge in [-0.3, -0.25) is 0 Å². The monoisotopic (exact) mass is 376 g/mol. The van der Waals surface area contributed by atoms with E-state index >= 15 is 0 Å². The predicted octanol–water partition coefficient (Wildman–Crippen LogP) is 8.33. The van der Waals surface area contributed by atoms with Crippen molar-refractivity contribution in [2.24, 2.45) is 34.5 Å². The van der Waals surface area contributed by atoms with Gasteiger partial charge in [0.15, 0.2) is 0 Å². The Balaban J connectivity index is 1.56. The lowest BCUT2D eigenvalue weighted by Gasteiger charge is -2.29. The van der Waals surface area contributed by atoms with Crippen molar-refractivity contribution in [3.8, 4) is 0 Å². The molecule has 0 saturated heterocycles. The average molecular weight is 377 g/mol. The Hall–Kier alpha value is -1.56. The Morgan fingerprint density at radius 3 is 1.96 bits per heavy atom. The highest BCUT2D eigenvalue weighted by atomic mass is 14.4. The van der Waals surface area contributed by atoms with Crippen molar-refractivity contribution in [2.45, 2.75) is 66.2 Å². The van der Waals surface area contributed by atoms with Gasteiger partial charge in [-0.2, -0.15) is 0 Å². The molecule has 4 unspecified atom stereocenters. The summed E-state index contributed by atoms with van der Waals surface area (Å²) in [6.07, 6.45) is 20.1. The zero-order valence-corrected chi connectivity index (χ0v) is 18.5. The lowest BCUT2D eigenvalue weighted by molar-refractivity contribution is 0.279. The van der Waals surface area contributed by atoms with Gasteiger partial charge in [-0.1, -0.05) is 88.4 Å². The van der Waals surface area contributed by atoms with Crippen molar-refractivity contribution in [3.05, 3.63) is 66.8 Å².